The zero-order chi connectivity index (χ0) is 27.0. The first-order chi connectivity index (χ1) is 17.5. The molecule has 1 amide bonds. The van der Waals surface area contributed by atoms with Crippen molar-refractivity contribution in [3.8, 4) is 11.3 Å². The second-order valence-electron chi connectivity index (χ2n) is 8.66. The lowest BCUT2D eigenvalue weighted by Crippen LogP contribution is -2.39. The number of carboxylic acids is 1. The number of likely N-dealkylation sites (tertiary alicyclic amines) is 1. The van der Waals surface area contributed by atoms with Crippen molar-refractivity contribution < 1.29 is 36.8 Å². The van der Waals surface area contributed by atoms with Crippen molar-refractivity contribution in [1.82, 2.24) is 15.0 Å². The molecular formula is C26H27F4N3O4. The van der Waals surface area contributed by atoms with Crippen molar-refractivity contribution in [3.63, 3.8) is 0 Å². The van der Waals surface area contributed by atoms with Crippen molar-refractivity contribution in [2.45, 2.75) is 38.0 Å². The molecule has 0 aliphatic carbocycles. The third kappa shape index (κ3) is 8.14. The molecule has 0 saturated carbocycles. The summed E-state index contributed by atoms with van der Waals surface area (Å²) in [7, 11) is 1.90. The van der Waals surface area contributed by atoms with Crippen LogP contribution in [0.5, 0.6) is 0 Å². The first-order valence-electron chi connectivity index (χ1n) is 11.6. The van der Waals surface area contributed by atoms with Crippen molar-refractivity contribution in [1.29, 1.82) is 0 Å². The molecule has 1 aliphatic heterocycles. The van der Waals surface area contributed by atoms with Gasteiger partial charge in [-0.3, -0.25) is 9.69 Å². The van der Waals surface area contributed by atoms with E-state index in [1.807, 2.05) is 18.0 Å². The largest absolute Gasteiger partial charge is 0.490 e. The first-order valence-corrected chi connectivity index (χ1v) is 11.6. The maximum Gasteiger partial charge on any atom is 0.490 e. The molecule has 1 aliphatic rings. The van der Waals surface area contributed by atoms with Crippen molar-refractivity contribution in [3.05, 3.63) is 77.7 Å². The van der Waals surface area contributed by atoms with E-state index in [-0.39, 0.29) is 17.8 Å². The van der Waals surface area contributed by atoms with Crippen LogP contribution in [0.25, 0.3) is 11.3 Å². The fourth-order valence-electron chi connectivity index (χ4n) is 4.01. The number of hydrogen-bond acceptors (Lipinski definition) is 5. The number of carbonyl (C=O) groups excluding carboxylic acids is 1. The van der Waals surface area contributed by atoms with E-state index in [4.69, 9.17) is 14.4 Å². The predicted octanol–water partition coefficient (Wildman–Crippen LogP) is 4.78. The Morgan fingerprint density at radius 1 is 1.14 bits per heavy atom. The molecule has 4 rings (SSSR count). The number of carboxylic acid groups (broad SMARTS) is 1. The van der Waals surface area contributed by atoms with Gasteiger partial charge < -0.3 is 14.5 Å². The molecule has 1 fully saturated rings. The highest BCUT2D eigenvalue weighted by Gasteiger charge is 2.38. The summed E-state index contributed by atoms with van der Waals surface area (Å²) < 4.78 is 50.3. The van der Waals surface area contributed by atoms with Gasteiger partial charge in [0.05, 0.1) is 6.20 Å². The van der Waals surface area contributed by atoms with Gasteiger partial charge >= 0.3 is 12.1 Å². The zero-order valence-corrected chi connectivity index (χ0v) is 20.1. The van der Waals surface area contributed by atoms with E-state index in [1.54, 1.807) is 18.3 Å². The third-order valence-corrected chi connectivity index (χ3v) is 6.04. The number of halogens is 4. The SMILES string of the molecule is CN(C(=O)CCc1cnoc1-c1ccc(F)cc1)C1CCN(Cc2ccccc2)C1.O=C(O)C(F)(F)F. The molecule has 1 N–H and O–H groups in total. The molecule has 11 heteroatoms. The molecule has 7 nitrogen and oxygen atoms in total. The molecule has 37 heavy (non-hydrogen) atoms. The van der Waals surface area contributed by atoms with Gasteiger partial charge in [0.1, 0.15) is 5.82 Å². The van der Waals surface area contributed by atoms with Crippen molar-refractivity contribution >= 4 is 11.9 Å². The molecule has 0 radical (unpaired) electrons. The summed E-state index contributed by atoms with van der Waals surface area (Å²) >= 11 is 0. The Bertz CT molecular complexity index is 1170. The van der Waals surface area contributed by atoms with Gasteiger partial charge in [-0.15, -0.1) is 0 Å². The van der Waals surface area contributed by atoms with E-state index in [1.165, 1.54) is 17.7 Å². The molecular weight excluding hydrogens is 494 g/mol. The summed E-state index contributed by atoms with van der Waals surface area (Å²) in [5, 5.41) is 11.0. The quantitative estimate of drug-likeness (QED) is 0.451. The Balaban J connectivity index is 0.000000479. The molecule has 0 spiro atoms. The number of aryl methyl sites for hydroxylation is 1. The number of hydrogen-bond donors (Lipinski definition) is 1. The Kier molecular flexibility index (Phi) is 9.40. The normalized spacial score (nSPS) is 15.6. The van der Waals surface area contributed by atoms with Gasteiger partial charge in [-0.05, 0) is 42.7 Å². The van der Waals surface area contributed by atoms with Crippen LogP contribution < -0.4 is 0 Å². The van der Waals surface area contributed by atoms with Crippen LogP contribution in [-0.2, 0) is 22.6 Å². The highest BCUT2D eigenvalue weighted by molar-refractivity contribution is 5.77. The predicted molar refractivity (Wildman–Crippen MR) is 127 cm³/mol. The van der Waals surface area contributed by atoms with Crippen molar-refractivity contribution in [2.75, 3.05) is 20.1 Å². The number of aromatic nitrogens is 1. The number of aliphatic carboxylic acids is 1. The van der Waals surface area contributed by atoms with Gasteiger partial charge in [0.25, 0.3) is 0 Å². The molecule has 1 atom stereocenters. The van der Waals surface area contributed by atoms with Crippen LogP contribution in [0.15, 0.2) is 65.3 Å². The summed E-state index contributed by atoms with van der Waals surface area (Å²) in [5.74, 6) is -2.34. The van der Waals surface area contributed by atoms with Crippen LogP contribution in [0, 0.1) is 5.82 Å². The standard InChI is InChI=1S/C24H26FN3O2.C2HF3O2/c1-27(22-13-14-28(17-22)16-18-5-3-2-4-6-18)23(29)12-9-20-15-26-30-24(20)19-7-10-21(25)11-8-19;3-2(4,5)1(6)7/h2-8,10-11,15,22H,9,12-14,16-17H2,1H3;(H,6,7). The van der Waals surface area contributed by atoms with Crippen LogP contribution in [0.3, 0.4) is 0 Å². The molecule has 2 heterocycles. The second kappa shape index (κ2) is 12.5. The van der Waals surface area contributed by atoms with Crippen LogP contribution >= 0.6 is 0 Å². The van der Waals surface area contributed by atoms with E-state index < -0.39 is 12.1 Å². The number of benzene rings is 2. The van der Waals surface area contributed by atoms with E-state index in [0.717, 1.165) is 37.2 Å². The number of carbonyl (C=O) groups is 2. The smallest absolute Gasteiger partial charge is 0.475 e. The van der Waals surface area contributed by atoms with Gasteiger partial charge in [0.15, 0.2) is 5.76 Å². The number of amides is 1. The van der Waals surface area contributed by atoms with Crippen LogP contribution in [0.2, 0.25) is 0 Å². The minimum atomic E-state index is -5.08. The Labute approximate surface area is 211 Å². The fourth-order valence-corrected chi connectivity index (χ4v) is 4.01. The summed E-state index contributed by atoms with van der Waals surface area (Å²) in [6, 6.07) is 16.8. The summed E-state index contributed by atoms with van der Waals surface area (Å²) in [6.07, 6.45) is -1.52. The van der Waals surface area contributed by atoms with Gasteiger partial charge in [-0.1, -0.05) is 35.5 Å². The maximum atomic E-state index is 13.2. The molecule has 0 bridgehead atoms. The molecule has 3 aromatic rings. The zero-order valence-electron chi connectivity index (χ0n) is 20.1. The van der Waals surface area contributed by atoms with Gasteiger partial charge in [0, 0.05) is 50.3 Å². The number of likely N-dealkylation sites (N-methyl/N-ethyl adjacent to an activating group) is 1. The van der Waals surface area contributed by atoms with E-state index in [0.29, 0.717) is 18.6 Å². The lowest BCUT2D eigenvalue weighted by Gasteiger charge is -2.25. The summed E-state index contributed by atoms with van der Waals surface area (Å²) in [4.78, 5) is 26.0. The molecule has 2 aromatic carbocycles. The number of rotatable bonds is 7. The lowest BCUT2D eigenvalue weighted by molar-refractivity contribution is -0.192. The average Bonchev–Trinajstić information content (AvgIpc) is 3.53. The Morgan fingerprint density at radius 3 is 2.41 bits per heavy atom. The molecule has 198 valence electrons. The number of alkyl halides is 3. The topological polar surface area (TPSA) is 86.9 Å². The molecule has 1 saturated heterocycles. The lowest BCUT2D eigenvalue weighted by atomic mass is 10.0. The minimum absolute atomic E-state index is 0.118. The van der Waals surface area contributed by atoms with Crippen LogP contribution in [0.4, 0.5) is 17.6 Å². The summed E-state index contributed by atoms with van der Waals surface area (Å²) in [5.41, 5.74) is 2.92. The van der Waals surface area contributed by atoms with Gasteiger partial charge in [-0.25, -0.2) is 9.18 Å². The first kappa shape index (κ1) is 27.9. The Hall–Kier alpha value is -3.73. The van der Waals surface area contributed by atoms with Crippen LogP contribution in [-0.4, -0.2) is 64.3 Å². The summed E-state index contributed by atoms with van der Waals surface area (Å²) in [6.45, 7) is 2.81. The maximum absolute atomic E-state index is 13.2. The van der Waals surface area contributed by atoms with Gasteiger partial charge in [0.2, 0.25) is 5.91 Å². The van der Waals surface area contributed by atoms with Gasteiger partial charge in [-0.2, -0.15) is 13.2 Å². The number of nitrogens with zero attached hydrogens (tertiary/aromatic N) is 3. The highest BCUT2D eigenvalue weighted by Crippen LogP contribution is 2.25. The molecule has 1 aromatic heterocycles. The second-order valence-corrected chi connectivity index (χ2v) is 8.66. The average molecular weight is 522 g/mol. The fraction of sp³-hybridized carbons (Fsp3) is 0.346. The minimum Gasteiger partial charge on any atom is -0.475 e. The Morgan fingerprint density at radius 2 is 1.78 bits per heavy atom. The monoisotopic (exact) mass is 521 g/mol. The van der Waals surface area contributed by atoms with E-state index in [2.05, 4.69) is 34.3 Å². The van der Waals surface area contributed by atoms with Crippen molar-refractivity contribution in [2.24, 2.45) is 0 Å². The van der Waals surface area contributed by atoms with Crippen LogP contribution in [0.1, 0.15) is 24.0 Å². The van der Waals surface area contributed by atoms with E-state index >= 15 is 0 Å². The van der Waals surface area contributed by atoms with E-state index in [9.17, 15) is 22.4 Å². The highest BCUT2D eigenvalue weighted by atomic mass is 19.4. The molecule has 1 unspecified atom stereocenters. The third-order valence-electron chi connectivity index (χ3n) is 6.04.